The maximum absolute atomic E-state index is 12.9. The first-order valence-electron chi connectivity index (χ1n) is 7.94. The second-order valence-electron chi connectivity index (χ2n) is 6.20. The predicted octanol–water partition coefficient (Wildman–Crippen LogP) is 3.03. The summed E-state index contributed by atoms with van der Waals surface area (Å²) in [6.07, 6.45) is 0.113. The molecule has 0 radical (unpaired) electrons. The molecule has 2 aliphatic rings. The monoisotopic (exact) mass is 399 g/mol. The Hall–Kier alpha value is -2.47. The van der Waals surface area contributed by atoms with Gasteiger partial charge in [0.05, 0.1) is 6.54 Å². The van der Waals surface area contributed by atoms with Crippen LogP contribution in [0.15, 0.2) is 53.0 Å². The number of fused-ring (bicyclic) bond motifs is 3. The van der Waals surface area contributed by atoms with Gasteiger partial charge in [0.25, 0.3) is 0 Å². The lowest BCUT2D eigenvalue weighted by Gasteiger charge is -2.38. The van der Waals surface area contributed by atoms with Crippen molar-refractivity contribution in [1.82, 2.24) is 4.90 Å². The Kier molecular flexibility index (Phi) is 3.92. The molecule has 2 atom stereocenters. The van der Waals surface area contributed by atoms with Gasteiger partial charge in [0.15, 0.2) is 0 Å². The van der Waals surface area contributed by atoms with Gasteiger partial charge in [-0.05, 0) is 23.8 Å². The number of hydrogen-bond donors (Lipinski definition) is 0. The van der Waals surface area contributed by atoms with Crippen LogP contribution in [0, 0.1) is 5.92 Å². The predicted molar refractivity (Wildman–Crippen MR) is 92.6 cm³/mol. The summed E-state index contributed by atoms with van der Waals surface area (Å²) < 4.78 is 6.16. The van der Waals surface area contributed by atoms with E-state index in [2.05, 4.69) is 15.9 Å². The number of ether oxygens (including phenoxy) is 1. The van der Waals surface area contributed by atoms with Crippen molar-refractivity contribution in [2.75, 3.05) is 0 Å². The van der Waals surface area contributed by atoms with Crippen molar-refractivity contribution < 1.29 is 19.1 Å². The zero-order valence-electron chi connectivity index (χ0n) is 13.1. The Labute approximate surface area is 152 Å². The molecule has 25 heavy (non-hydrogen) atoms. The summed E-state index contributed by atoms with van der Waals surface area (Å²) in [5.41, 5.74) is 1.56. The number of carbonyl (C=O) groups excluding carboxylic acids is 3. The van der Waals surface area contributed by atoms with E-state index in [1.807, 2.05) is 36.4 Å². The summed E-state index contributed by atoms with van der Waals surface area (Å²) in [6.45, 7) is 0.167. The van der Waals surface area contributed by atoms with E-state index in [1.165, 1.54) is 4.90 Å². The number of amides is 2. The number of carbonyl (C=O) groups is 3. The maximum Gasteiger partial charge on any atom is 0.324 e. The van der Waals surface area contributed by atoms with Crippen molar-refractivity contribution in [3.05, 3.63) is 64.1 Å². The van der Waals surface area contributed by atoms with E-state index in [0.29, 0.717) is 5.75 Å². The smallest absolute Gasteiger partial charge is 0.324 e. The largest absolute Gasteiger partial charge is 0.426 e. The molecule has 2 aliphatic heterocycles. The minimum absolute atomic E-state index is 0.113. The molecule has 6 heteroatoms. The minimum atomic E-state index is -0.969. The Morgan fingerprint density at radius 1 is 1.08 bits per heavy atom. The van der Waals surface area contributed by atoms with Gasteiger partial charge in [-0.25, -0.2) is 0 Å². The molecular formula is C19H14BrNO4. The maximum atomic E-state index is 12.9. The molecule has 1 saturated heterocycles. The fraction of sp³-hybridized carbons (Fsp3) is 0.211. The first-order valence-corrected chi connectivity index (χ1v) is 8.73. The summed E-state index contributed by atoms with van der Waals surface area (Å²) in [5.74, 6) is -2.36. The van der Waals surface area contributed by atoms with Crippen molar-refractivity contribution in [3.8, 4) is 5.75 Å². The van der Waals surface area contributed by atoms with Crippen molar-refractivity contribution in [2.45, 2.75) is 18.9 Å². The molecule has 2 amide bonds. The number of halogens is 1. The van der Waals surface area contributed by atoms with Crippen LogP contribution in [0.4, 0.5) is 0 Å². The molecule has 0 aliphatic carbocycles. The van der Waals surface area contributed by atoms with Gasteiger partial charge in [0.2, 0.25) is 11.8 Å². The molecule has 0 unspecified atom stereocenters. The molecule has 0 bridgehead atoms. The van der Waals surface area contributed by atoms with Crippen LogP contribution in [0.5, 0.6) is 5.75 Å². The minimum Gasteiger partial charge on any atom is -0.426 e. The first-order chi connectivity index (χ1) is 12.0. The van der Waals surface area contributed by atoms with Crippen LogP contribution >= 0.6 is 15.9 Å². The molecule has 2 aromatic rings. The Balaban J connectivity index is 1.68. The van der Waals surface area contributed by atoms with Gasteiger partial charge >= 0.3 is 5.97 Å². The highest BCUT2D eigenvalue weighted by atomic mass is 79.9. The lowest BCUT2D eigenvalue weighted by Crippen LogP contribution is -2.52. The number of likely N-dealkylation sites (tertiary alicyclic amines) is 1. The zero-order chi connectivity index (χ0) is 17.6. The second-order valence-corrected chi connectivity index (χ2v) is 7.11. The van der Waals surface area contributed by atoms with E-state index in [-0.39, 0.29) is 18.9 Å². The summed E-state index contributed by atoms with van der Waals surface area (Å²) in [5, 5.41) is 0. The lowest BCUT2D eigenvalue weighted by atomic mass is 9.77. The third-order valence-electron chi connectivity index (χ3n) is 4.65. The molecule has 4 rings (SSSR count). The summed E-state index contributed by atoms with van der Waals surface area (Å²) in [6, 6.07) is 14.5. The number of nitrogens with zero attached hydrogens (tertiary/aromatic N) is 1. The van der Waals surface area contributed by atoms with Crippen molar-refractivity contribution in [1.29, 1.82) is 0 Å². The molecule has 5 nitrogen and oxygen atoms in total. The van der Waals surface area contributed by atoms with Crippen LogP contribution < -0.4 is 4.74 Å². The molecule has 2 heterocycles. The number of esters is 1. The zero-order valence-corrected chi connectivity index (χ0v) is 14.7. The van der Waals surface area contributed by atoms with E-state index in [9.17, 15) is 14.4 Å². The number of piperidine rings is 1. The molecular weight excluding hydrogens is 386 g/mol. The van der Waals surface area contributed by atoms with Crippen LogP contribution in [0.2, 0.25) is 0 Å². The summed E-state index contributed by atoms with van der Waals surface area (Å²) in [7, 11) is 0. The van der Waals surface area contributed by atoms with E-state index in [0.717, 1.165) is 15.6 Å². The van der Waals surface area contributed by atoms with Gasteiger partial charge in [0, 0.05) is 22.4 Å². The first kappa shape index (κ1) is 16.0. The van der Waals surface area contributed by atoms with Gasteiger partial charge in [-0.2, -0.15) is 0 Å². The van der Waals surface area contributed by atoms with Gasteiger partial charge in [-0.3, -0.25) is 19.3 Å². The van der Waals surface area contributed by atoms with Crippen LogP contribution in [-0.4, -0.2) is 22.7 Å². The molecule has 2 aromatic carbocycles. The highest BCUT2D eigenvalue weighted by Gasteiger charge is 2.50. The highest BCUT2D eigenvalue weighted by molar-refractivity contribution is 9.10. The SMILES string of the molecule is O=C1Oc2ccc(Br)cc2[C@@H]2CC(=O)N(Cc3ccccc3)C(=O)[C@H]12. The number of rotatable bonds is 2. The Morgan fingerprint density at radius 3 is 2.60 bits per heavy atom. The van der Waals surface area contributed by atoms with Gasteiger partial charge in [0.1, 0.15) is 11.7 Å². The average Bonchev–Trinajstić information content (AvgIpc) is 2.60. The lowest BCUT2D eigenvalue weighted by molar-refractivity contribution is -0.161. The fourth-order valence-corrected chi connectivity index (χ4v) is 3.82. The van der Waals surface area contributed by atoms with Crippen molar-refractivity contribution in [2.24, 2.45) is 5.92 Å². The van der Waals surface area contributed by atoms with Gasteiger partial charge in [-0.1, -0.05) is 46.3 Å². The molecule has 0 N–H and O–H groups in total. The van der Waals surface area contributed by atoms with Crippen LogP contribution in [0.25, 0.3) is 0 Å². The molecule has 0 aromatic heterocycles. The van der Waals surface area contributed by atoms with E-state index < -0.39 is 23.7 Å². The standard InChI is InChI=1S/C19H14BrNO4/c20-12-6-7-15-13(8-12)14-9-16(22)21(10-11-4-2-1-3-5-11)18(23)17(14)19(24)25-15/h1-8,14,17H,9-10H2/t14-,17+/m0/s1. The molecule has 0 saturated carbocycles. The summed E-state index contributed by atoms with van der Waals surface area (Å²) >= 11 is 3.39. The highest BCUT2D eigenvalue weighted by Crippen LogP contribution is 2.44. The number of imide groups is 1. The Bertz CT molecular complexity index is 880. The van der Waals surface area contributed by atoms with E-state index in [1.54, 1.807) is 12.1 Å². The third-order valence-corrected chi connectivity index (χ3v) is 5.14. The van der Waals surface area contributed by atoms with Crippen molar-refractivity contribution >= 4 is 33.7 Å². The quantitative estimate of drug-likeness (QED) is 0.337. The Morgan fingerprint density at radius 2 is 1.84 bits per heavy atom. The topological polar surface area (TPSA) is 63.7 Å². The van der Waals surface area contributed by atoms with Gasteiger partial charge in [-0.15, -0.1) is 0 Å². The van der Waals surface area contributed by atoms with Crippen LogP contribution in [0.1, 0.15) is 23.5 Å². The molecule has 0 spiro atoms. The number of hydrogen-bond acceptors (Lipinski definition) is 4. The number of benzene rings is 2. The average molecular weight is 400 g/mol. The van der Waals surface area contributed by atoms with Crippen LogP contribution in [-0.2, 0) is 20.9 Å². The van der Waals surface area contributed by atoms with Gasteiger partial charge < -0.3 is 4.74 Å². The normalized spacial score (nSPS) is 22.3. The molecule has 1 fully saturated rings. The second kappa shape index (κ2) is 6.11. The summed E-state index contributed by atoms with van der Waals surface area (Å²) in [4.78, 5) is 39.0. The third kappa shape index (κ3) is 2.76. The van der Waals surface area contributed by atoms with Crippen LogP contribution in [0.3, 0.4) is 0 Å². The fourth-order valence-electron chi connectivity index (χ4n) is 3.44. The van der Waals surface area contributed by atoms with E-state index >= 15 is 0 Å². The van der Waals surface area contributed by atoms with Crippen molar-refractivity contribution in [3.63, 3.8) is 0 Å². The van der Waals surface area contributed by atoms with E-state index in [4.69, 9.17) is 4.74 Å². The molecule has 126 valence electrons.